The van der Waals surface area contributed by atoms with Gasteiger partial charge in [0, 0.05) is 18.8 Å². The number of amides is 2. The Labute approximate surface area is 196 Å². The van der Waals surface area contributed by atoms with Gasteiger partial charge in [-0.05, 0) is 43.0 Å². The monoisotopic (exact) mass is 456 g/mol. The molecule has 174 valence electrons. The van der Waals surface area contributed by atoms with Crippen LogP contribution in [-0.2, 0) is 21.9 Å². The summed E-state index contributed by atoms with van der Waals surface area (Å²) in [7, 11) is 1.62. The highest BCUT2D eigenvalue weighted by Gasteiger charge is 2.28. The van der Waals surface area contributed by atoms with Gasteiger partial charge in [-0.2, -0.15) is 0 Å². The van der Waals surface area contributed by atoms with E-state index in [-0.39, 0.29) is 11.8 Å². The molecular weight excluding hydrogens is 420 g/mol. The molecule has 2 rings (SSSR count). The second kappa shape index (κ2) is 13.8. The molecule has 6 heteroatoms. The van der Waals surface area contributed by atoms with Crippen LogP contribution in [0, 0.1) is 6.92 Å². The van der Waals surface area contributed by atoms with Crippen molar-refractivity contribution < 1.29 is 14.3 Å². The molecule has 0 aliphatic heterocycles. The van der Waals surface area contributed by atoms with Gasteiger partial charge in [0.1, 0.15) is 11.8 Å². The summed E-state index contributed by atoms with van der Waals surface area (Å²) in [4.78, 5) is 27.9. The topological polar surface area (TPSA) is 58.6 Å². The first-order valence-electron chi connectivity index (χ1n) is 11.3. The quantitative estimate of drug-likeness (QED) is 0.433. The van der Waals surface area contributed by atoms with Crippen LogP contribution < -0.4 is 10.1 Å². The maximum atomic E-state index is 13.3. The minimum atomic E-state index is -0.495. The molecule has 2 aromatic rings. The fourth-order valence-electron chi connectivity index (χ4n) is 3.42. The number of aryl methyl sites for hydroxylation is 1. The van der Waals surface area contributed by atoms with E-state index in [0.717, 1.165) is 29.9 Å². The van der Waals surface area contributed by atoms with Crippen molar-refractivity contribution in [2.75, 3.05) is 19.4 Å². The average Bonchev–Trinajstić information content (AvgIpc) is 2.80. The van der Waals surface area contributed by atoms with Gasteiger partial charge in [0.05, 0.1) is 12.9 Å². The normalized spacial score (nSPS) is 11.6. The van der Waals surface area contributed by atoms with Gasteiger partial charge in [-0.25, -0.2) is 0 Å². The Kier molecular flexibility index (Phi) is 11.2. The lowest BCUT2D eigenvalue weighted by atomic mass is 10.1. The van der Waals surface area contributed by atoms with Crippen molar-refractivity contribution in [1.82, 2.24) is 10.2 Å². The number of unbranched alkanes of at least 4 members (excludes halogenated alkanes) is 1. The van der Waals surface area contributed by atoms with E-state index < -0.39 is 6.04 Å². The fraction of sp³-hybridized carbons (Fsp3) is 0.462. The third-order valence-electron chi connectivity index (χ3n) is 5.32. The summed E-state index contributed by atoms with van der Waals surface area (Å²) < 4.78 is 5.33. The van der Waals surface area contributed by atoms with Crippen molar-refractivity contribution in [1.29, 1.82) is 0 Å². The first-order valence-corrected chi connectivity index (χ1v) is 12.5. The molecule has 0 heterocycles. The molecule has 1 atom stereocenters. The molecule has 32 heavy (non-hydrogen) atoms. The van der Waals surface area contributed by atoms with Crippen LogP contribution in [0.5, 0.6) is 5.75 Å². The molecule has 0 radical (unpaired) electrons. The summed E-state index contributed by atoms with van der Waals surface area (Å²) in [5.41, 5.74) is 3.36. The van der Waals surface area contributed by atoms with E-state index in [4.69, 9.17) is 4.74 Å². The van der Waals surface area contributed by atoms with Gasteiger partial charge in [0.15, 0.2) is 0 Å². The van der Waals surface area contributed by atoms with Gasteiger partial charge in [0.25, 0.3) is 0 Å². The molecule has 2 amide bonds. The zero-order valence-electron chi connectivity index (χ0n) is 19.7. The zero-order chi connectivity index (χ0) is 23.3. The molecule has 0 saturated heterocycles. The minimum Gasteiger partial charge on any atom is -0.497 e. The van der Waals surface area contributed by atoms with E-state index in [1.54, 1.807) is 23.8 Å². The van der Waals surface area contributed by atoms with E-state index >= 15 is 0 Å². The second-order valence-electron chi connectivity index (χ2n) is 7.92. The summed E-state index contributed by atoms with van der Waals surface area (Å²) in [5, 5.41) is 3.00. The molecule has 0 aliphatic carbocycles. The number of nitrogens with zero attached hydrogens (tertiary/aromatic N) is 1. The third-order valence-corrected chi connectivity index (χ3v) is 6.31. The molecule has 5 nitrogen and oxygen atoms in total. The molecule has 0 spiro atoms. The number of hydrogen-bond donors (Lipinski definition) is 1. The lowest BCUT2D eigenvalue weighted by Crippen LogP contribution is -2.49. The first kappa shape index (κ1) is 25.8. The molecule has 0 aliphatic rings. The Morgan fingerprint density at radius 1 is 1.09 bits per heavy atom. The highest BCUT2D eigenvalue weighted by molar-refractivity contribution is 7.99. The molecule has 1 N–H and O–H groups in total. The molecule has 2 aromatic carbocycles. The van der Waals surface area contributed by atoms with Crippen LogP contribution in [0.4, 0.5) is 0 Å². The Morgan fingerprint density at radius 3 is 2.50 bits per heavy atom. The number of rotatable bonds is 13. The van der Waals surface area contributed by atoms with Crippen LogP contribution in [0.2, 0.25) is 0 Å². The Hall–Kier alpha value is -2.47. The van der Waals surface area contributed by atoms with E-state index in [2.05, 4.69) is 43.4 Å². The Bertz CT molecular complexity index is 854. The number of thioether (sulfide) groups is 1. The van der Waals surface area contributed by atoms with Crippen molar-refractivity contribution in [3.8, 4) is 5.75 Å². The predicted molar refractivity (Wildman–Crippen MR) is 133 cm³/mol. The number of methoxy groups -OCH3 is 1. The fourth-order valence-corrected chi connectivity index (χ4v) is 4.29. The van der Waals surface area contributed by atoms with E-state index in [1.807, 2.05) is 31.2 Å². The van der Waals surface area contributed by atoms with Gasteiger partial charge in [-0.3, -0.25) is 9.59 Å². The van der Waals surface area contributed by atoms with Crippen LogP contribution in [0.15, 0.2) is 48.5 Å². The zero-order valence-corrected chi connectivity index (χ0v) is 20.5. The molecule has 0 fully saturated rings. The predicted octanol–water partition coefficient (Wildman–Crippen LogP) is 4.96. The molecule has 0 bridgehead atoms. The highest BCUT2D eigenvalue weighted by atomic mass is 32.2. The maximum Gasteiger partial charge on any atom is 0.242 e. The summed E-state index contributed by atoms with van der Waals surface area (Å²) in [6.45, 7) is 7.12. The van der Waals surface area contributed by atoms with Crippen molar-refractivity contribution in [2.45, 2.75) is 58.4 Å². The van der Waals surface area contributed by atoms with Gasteiger partial charge in [-0.1, -0.05) is 62.2 Å². The number of hydrogen-bond acceptors (Lipinski definition) is 4. The van der Waals surface area contributed by atoms with E-state index in [0.29, 0.717) is 25.3 Å². The van der Waals surface area contributed by atoms with Crippen molar-refractivity contribution in [2.24, 2.45) is 0 Å². The highest BCUT2D eigenvalue weighted by Crippen LogP contribution is 2.20. The maximum absolute atomic E-state index is 13.3. The van der Waals surface area contributed by atoms with Crippen molar-refractivity contribution in [3.63, 3.8) is 0 Å². The Morgan fingerprint density at radius 2 is 1.84 bits per heavy atom. The second-order valence-corrected chi connectivity index (χ2v) is 8.91. The summed E-state index contributed by atoms with van der Waals surface area (Å²) >= 11 is 1.58. The average molecular weight is 457 g/mol. The van der Waals surface area contributed by atoms with Crippen LogP contribution in [0.1, 0.15) is 49.8 Å². The lowest BCUT2D eigenvalue weighted by Gasteiger charge is -2.30. The van der Waals surface area contributed by atoms with Gasteiger partial charge in [0.2, 0.25) is 11.8 Å². The molecule has 0 aromatic heterocycles. The number of ether oxygens (including phenoxy) is 1. The lowest BCUT2D eigenvalue weighted by molar-refractivity contribution is -0.139. The van der Waals surface area contributed by atoms with Gasteiger partial charge in [-0.15, -0.1) is 11.8 Å². The van der Waals surface area contributed by atoms with Gasteiger partial charge >= 0.3 is 0 Å². The molecular formula is C26H36N2O3S. The van der Waals surface area contributed by atoms with Crippen LogP contribution >= 0.6 is 11.8 Å². The minimum absolute atomic E-state index is 0.0255. The first-order chi connectivity index (χ1) is 15.5. The third kappa shape index (κ3) is 8.23. The largest absolute Gasteiger partial charge is 0.497 e. The number of carbonyl (C=O) groups excluding carboxylic acids is 2. The van der Waals surface area contributed by atoms with Crippen LogP contribution in [-0.4, -0.2) is 42.2 Å². The summed E-state index contributed by atoms with van der Waals surface area (Å²) in [6, 6.07) is 15.5. The summed E-state index contributed by atoms with van der Waals surface area (Å²) in [6.07, 6.45) is 2.51. The van der Waals surface area contributed by atoms with E-state index in [1.165, 1.54) is 11.1 Å². The number of benzene rings is 2. The molecule has 1 unspecified atom stereocenters. The van der Waals surface area contributed by atoms with Gasteiger partial charge < -0.3 is 15.0 Å². The van der Waals surface area contributed by atoms with Crippen LogP contribution in [0.25, 0.3) is 0 Å². The van der Waals surface area contributed by atoms with E-state index in [9.17, 15) is 9.59 Å². The van der Waals surface area contributed by atoms with Crippen molar-refractivity contribution >= 4 is 23.6 Å². The standard InChI is InChI=1S/C26H36N2O3S/c1-5-7-15-27-26(30)24(6-2)28(17-22-9-8-10-23(16-22)31-4)25(29)19-32-18-21-13-11-20(3)12-14-21/h8-14,16,24H,5-7,15,17-19H2,1-4H3,(H,27,30). The van der Waals surface area contributed by atoms with Crippen molar-refractivity contribution in [3.05, 3.63) is 65.2 Å². The SMILES string of the molecule is CCCCNC(=O)C(CC)N(Cc1cccc(OC)c1)C(=O)CSCc1ccc(C)cc1. The number of nitrogens with one attached hydrogen (secondary N) is 1. The summed E-state index contributed by atoms with van der Waals surface area (Å²) in [5.74, 6) is 1.72. The smallest absolute Gasteiger partial charge is 0.242 e. The number of carbonyl (C=O) groups is 2. The molecule has 0 saturated carbocycles. The van der Waals surface area contributed by atoms with Crippen LogP contribution in [0.3, 0.4) is 0 Å². The Balaban J connectivity index is 2.12.